The lowest BCUT2D eigenvalue weighted by atomic mass is 9.91. The predicted octanol–water partition coefficient (Wildman–Crippen LogP) is 2.61. The minimum Gasteiger partial charge on any atom is -0.468 e. The fraction of sp³-hybridized carbons (Fsp3) is 0.533. The SMILES string of the molecule is C/C1=C/CCC23OC2[C@@H](OC3=O)c2c(C)coc2C1. The third-order valence-corrected chi connectivity index (χ3v) is 4.43. The lowest BCUT2D eigenvalue weighted by Crippen LogP contribution is -2.22. The second-order valence-electron chi connectivity index (χ2n) is 5.78. The Balaban J connectivity index is 1.85. The monoisotopic (exact) mass is 260 g/mol. The van der Waals surface area contributed by atoms with Crippen LogP contribution in [0.5, 0.6) is 0 Å². The van der Waals surface area contributed by atoms with Gasteiger partial charge < -0.3 is 13.9 Å². The summed E-state index contributed by atoms with van der Waals surface area (Å²) < 4.78 is 16.9. The Kier molecular flexibility index (Phi) is 2.09. The molecule has 100 valence electrons. The van der Waals surface area contributed by atoms with Gasteiger partial charge in [0.2, 0.25) is 0 Å². The molecule has 3 atom stereocenters. The number of ether oxygens (including phenoxy) is 2. The largest absolute Gasteiger partial charge is 0.468 e. The minimum atomic E-state index is -0.681. The first-order chi connectivity index (χ1) is 9.12. The molecule has 4 rings (SSSR count). The van der Waals surface area contributed by atoms with Crippen LogP contribution >= 0.6 is 0 Å². The number of furan rings is 1. The number of rotatable bonds is 0. The summed E-state index contributed by atoms with van der Waals surface area (Å²) in [5.41, 5.74) is 2.62. The molecule has 0 amide bonds. The number of fused-ring (bicyclic) bond motifs is 2. The molecule has 0 radical (unpaired) electrons. The molecule has 0 aromatic carbocycles. The van der Waals surface area contributed by atoms with E-state index >= 15 is 0 Å². The molecule has 4 heteroatoms. The van der Waals surface area contributed by atoms with Gasteiger partial charge in [0, 0.05) is 12.0 Å². The van der Waals surface area contributed by atoms with Crippen molar-refractivity contribution in [3.63, 3.8) is 0 Å². The van der Waals surface area contributed by atoms with Crippen molar-refractivity contribution in [1.82, 2.24) is 0 Å². The number of carbonyl (C=O) groups is 1. The molecule has 2 saturated heterocycles. The van der Waals surface area contributed by atoms with Crippen molar-refractivity contribution in [2.24, 2.45) is 0 Å². The molecule has 0 spiro atoms. The number of allylic oxidation sites excluding steroid dienone is 2. The topological polar surface area (TPSA) is 52.0 Å². The molecular formula is C15H16O4. The maximum Gasteiger partial charge on any atom is 0.342 e. The zero-order valence-corrected chi connectivity index (χ0v) is 11.1. The normalized spacial score (nSPS) is 38.8. The van der Waals surface area contributed by atoms with Crippen molar-refractivity contribution in [3.05, 3.63) is 34.8 Å². The highest BCUT2D eigenvalue weighted by atomic mass is 16.7. The molecule has 2 bridgehead atoms. The van der Waals surface area contributed by atoms with Crippen molar-refractivity contribution in [1.29, 1.82) is 0 Å². The standard InChI is InChI=1S/C15H16O4/c1-8-4-3-5-15-13(19-15)12(18-14(15)16)11-9(2)7-17-10(11)6-8/h4,7,12-13H,3,5-6H2,1-2H3/b8-4-/t12-,13?,15?/m0/s1. The maximum absolute atomic E-state index is 12.1. The Morgan fingerprint density at radius 2 is 2.21 bits per heavy atom. The first-order valence-electron chi connectivity index (χ1n) is 6.73. The van der Waals surface area contributed by atoms with E-state index in [4.69, 9.17) is 13.9 Å². The second kappa shape index (κ2) is 3.51. The van der Waals surface area contributed by atoms with Gasteiger partial charge in [-0.3, -0.25) is 0 Å². The molecule has 2 fully saturated rings. The van der Waals surface area contributed by atoms with E-state index in [1.54, 1.807) is 6.26 Å². The second-order valence-corrected chi connectivity index (χ2v) is 5.78. The summed E-state index contributed by atoms with van der Waals surface area (Å²) in [5.74, 6) is 0.694. The molecule has 3 heterocycles. The van der Waals surface area contributed by atoms with E-state index in [9.17, 15) is 4.79 Å². The molecule has 1 aromatic heterocycles. The molecule has 4 nitrogen and oxygen atoms in total. The molecule has 1 aromatic rings. The molecule has 1 aliphatic carbocycles. The lowest BCUT2D eigenvalue weighted by Gasteiger charge is -2.13. The number of epoxide rings is 1. The Hall–Kier alpha value is -1.55. The van der Waals surface area contributed by atoms with Crippen LogP contribution in [0.1, 0.15) is 42.8 Å². The van der Waals surface area contributed by atoms with Gasteiger partial charge in [-0.15, -0.1) is 0 Å². The zero-order valence-electron chi connectivity index (χ0n) is 11.1. The van der Waals surface area contributed by atoms with Gasteiger partial charge in [0.1, 0.15) is 11.9 Å². The third kappa shape index (κ3) is 1.40. The lowest BCUT2D eigenvalue weighted by molar-refractivity contribution is -0.154. The first kappa shape index (κ1) is 11.3. The Bertz CT molecular complexity index is 597. The van der Waals surface area contributed by atoms with E-state index in [2.05, 4.69) is 13.0 Å². The molecule has 0 saturated carbocycles. The molecule has 19 heavy (non-hydrogen) atoms. The average Bonchev–Trinajstić information content (AvgIpc) is 2.91. The molecular weight excluding hydrogens is 244 g/mol. The Morgan fingerprint density at radius 3 is 3.00 bits per heavy atom. The van der Waals surface area contributed by atoms with Crippen LogP contribution in [0.2, 0.25) is 0 Å². The van der Waals surface area contributed by atoms with Crippen molar-refractivity contribution < 1.29 is 18.7 Å². The quantitative estimate of drug-likeness (QED) is 0.409. The van der Waals surface area contributed by atoms with E-state index in [1.807, 2.05) is 6.92 Å². The van der Waals surface area contributed by atoms with Gasteiger partial charge in [-0.1, -0.05) is 11.6 Å². The summed E-state index contributed by atoms with van der Waals surface area (Å²) in [7, 11) is 0. The Labute approximate surface area is 111 Å². The minimum absolute atomic E-state index is 0.123. The molecule has 2 aliphatic heterocycles. The summed E-state index contributed by atoms with van der Waals surface area (Å²) in [6.07, 6.45) is 5.84. The number of hydrogen-bond donors (Lipinski definition) is 0. The van der Waals surface area contributed by atoms with E-state index in [1.165, 1.54) is 5.57 Å². The highest BCUT2D eigenvalue weighted by Gasteiger charge is 2.73. The van der Waals surface area contributed by atoms with Crippen molar-refractivity contribution in [2.45, 2.75) is 50.9 Å². The van der Waals surface area contributed by atoms with Crippen LogP contribution in [-0.4, -0.2) is 17.7 Å². The summed E-state index contributed by atoms with van der Waals surface area (Å²) in [4.78, 5) is 12.1. The van der Waals surface area contributed by atoms with Crippen molar-refractivity contribution in [2.75, 3.05) is 0 Å². The van der Waals surface area contributed by atoms with Gasteiger partial charge >= 0.3 is 5.97 Å². The van der Waals surface area contributed by atoms with Crippen LogP contribution in [-0.2, 0) is 20.7 Å². The Morgan fingerprint density at radius 1 is 1.37 bits per heavy atom. The first-order valence-corrected chi connectivity index (χ1v) is 6.73. The predicted molar refractivity (Wildman–Crippen MR) is 66.6 cm³/mol. The van der Waals surface area contributed by atoms with Gasteiger partial charge in [-0.2, -0.15) is 0 Å². The van der Waals surface area contributed by atoms with Crippen molar-refractivity contribution >= 4 is 5.97 Å². The van der Waals surface area contributed by atoms with Crippen LogP contribution in [0.25, 0.3) is 0 Å². The highest BCUT2D eigenvalue weighted by Crippen LogP contribution is 2.57. The number of carbonyl (C=O) groups excluding carboxylic acids is 1. The number of aryl methyl sites for hydroxylation is 1. The summed E-state index contributed by atoms with van der Waals surface area (Å²) in [5, 5.41) is 0. The highest BCUT2D eigenvalue weighted by molar-refractivity contribution is 5.87. The van der Waals surface area contributed by atoms with Crippen LogP contribution in [0, 0.1) is 6.92 Å². The van der Waals surface area contributed by atoms with E-state index < -0.39 is 5.60 Å². The number of esters is 1. The van der Waals surface area contributed by atoms with Gasteiger partial charge in [-0.25, -0.2) is 4.79 Å². The molecule has 0 N–H and O–H groups in total. The van der Waals surface area contributed by atoms with Crippen molar-refractivity contribution in [3.8, 4) is 0 Å². The average molecular weight is 260 g/mol. The third-order valence-electron chi connectivity index (χ3n) is 4.43. The van der Waals surface area contributed by atoms with Gasteiger partial charge in [0.25, 0.3) is 0 Å². The molecule has 3 aliphatic rings. The zero-order chi connectivity index (χ0) is 13.2. The van der Waals surface area contributed by atoms with E-state index in [0.29, 0.717) is 0 Å². The van der Waals surface area contributed by atoms with Crippen LogP contribution in [0.3, 0.4) is 0 Å². The number of hydrogen-bond acceptors (Lipinski definition) is 4. The fourth-order valence-corrected chi connectivity index (χ4v) is 3.34. The summed E-state index contributed by atoms with van der Waals surface area (Å²) >= 11 is 0. The van der Waals surface area contributed by atoms with Gasteiger partial charge in [0.05, 0.1) is 6.26 Å². The van der Waals surface area contributed by atoms with E-state index in [0.717, 1.165) is 36.1 Å². The van der Waals surface area contributed by atoms with Gasteiger partial charge in [-0.05, 0) is 32.3 Å². The molecule has 2 unspecified atom stereocenters. The summed E-state index contributed by atoms with van der Waals surface area (Å²) in [6.45, 7) is 4.08. The van der Waals surface area contributed by atoms with Gasteiger partial charge in [0.15, 0.2) is 11.7 Å². The smallest absolute Gasteiger partial charge is 0.342 e. The summed E-state index contributed by atoms with van der Waals surface area (Å²) in [6, 6.07) is 0. The van der Waals surface area contributed by atoms with Crippen LogP contribution < -0.4 is 0 Å². The fourth-order valence-electron chi connectivity index (χ4n) is 3.34. The van der Waals surface area contributed by atoms with Crippen LogP contribution in [0.4, 0.5) is 0 Å². The van der Waals surface area contributed by atoms with E-state index in [-0.39, 0.29) is 18.2 Å². The van der Waals surface area contributed by atoms with Crippen LogP contribution in [0.15, 0.2) is 22.3 Å². The maximum atomic E-state index is 12.1.